The molecule has 0 atom stereocenters. The number of aromatic amines is 1. The molecule has 7 heteroatoms. The minimum atomic E-state index is -0.125. The first-order valence-corrected chi connectivity index (χ1v) is 10.9. The molecule has 0 saturated heterocycles. The van der Waals surface area contributed by atoms with Crippen LogP contribution in [0.25, 0.3) is 22.2 Å². The number of benzene rings is 2. The molecule has 2 heterocycles. The number of amides is 1. The topological polar surface area (TPSA) is 79.8 Å². The predicted octanol–water partition coefficient (Wildman–Crippen LogP) is 4.46. The maximum Gasteiger partial charge on any atom is 0.278 e. The maximum atomic E-state index is 13.2. The Bertz CT molecular complexity index is 1260. The summed E-state index contributed by atoms with van der Waals surface area (Å²) in [5.74, 6) is 0.0604. The second-order valence-electron chi connectivity index (χ2n) is 7.30. The molecule has 4 aromatic rings. The van der Waals surface area contributed by atoms with Crippen LogP contribution in [0.1, 0.15) is 18.9 Å². The number of nitrogens with zero attached hydrogens (tertiary/aromatic N) is 2. The molecule has 2 aromatic carbocycles. The van der Waals surface area contributed by atoms with Crippen molar-refractivity contribution in [3.8, 4) is 11.1 Å². The summed E-state index contributed by atoms with van der Waals surface area (Å²) in [5.41, 5.74) is 3.73. The SMILES string of the molecule is O=C(CSc1nc2c(-c3ccccc3)c[nH]c2c(=O)n1C1CC1)Nc1ccccc1. The molecule has 1 saturated carbocycles. The van der Waals surface area contributed by atoms with E-state index in [1.165, 1.54) is 11.8 Å². The smallest absolute Gasteiger partial charge is 0.278 e. The van der Waals surface area contributed by atoms with Crippen molar-refractivity contribution in [2.75, 3.05) is 11.1 Å². The number of thioether (sulfide) groups is 1. The minimum Gasteiger partial charge on any atom is -0.355 e. The zero-order chi connectivity index (χ0) is 20.5. The lowest BCUT2D eigenvalue weighted by Crippen LogP contribution is -2.23. The predicted molar refractivity (Wildman–Crippen MR) is 120 cm³/mol. The lowest BCUT2D eigenvalue weighted by Gasteiger charge is -2.11. The molecule has 5 rings (SSSR count). The van der Waals surface area contributed by atoms with Crippen LogP contribution in [-0.2, 0) is 4.79 Å². The van der Waals surface area contributed by atoms with E-state index in [2.05, 4.69) is 10.3 Å². The van der Waals surface area contributed by atoms with Gasteiger partial charge in [-0.05, 0) is 30.5 Å². The Morgan fingerprint density at radius 2 is 1.80 bits per heavy atom. The summed E-state index contributed by atoms with van der Waals surface area (Å²) in [6.07, 6.45) is 3.76. The van der Waals surface area contributed by atoms with Gasteiger partial charge in [0.05, 0.1) is 5.75 Å². The number of hydrogen-bond donors (Lipinski definition) is 2. The molecule has 30 heavy (non-hydrogen) atoms. The van der Waals surface area contributed by atoms with Crippen LogP contribution in [0, 0.1) is 0 Å². The Morgan fingerprint density at radius 1 is 1.10 bits per heavy atom. The highest BCUT2D eigenvalue weighted by atomic mass is 32.2. The van der Waals surface area contributed by atoms with Gasteiger partial charge in [0.25, 0.3) is 5.56 Å². The fourth-order valence-corrected chi connectivity index (χ4v) is 4.35. The van der Waals surface area contributed by atoms with Crippen LogP contribution in [0.15, 0.2) is 76.8 Å². The summed E-state index contributed by atoms with van der Waals surface area (Å²) < 4.78 is 1.74. The summed E-state index contributed by atoms with van der Waals surface area (Å²) >= 11 is 1.30. The first kappa shape index (κ1) is 18.7. The average molecular weight is 417 g/mol. The quantitative estimate of drug-likeness (QED) is 0.359. The van der Waals surface area contributed by atoms with Gasteiger partial charge < -0.3 is 10.3 Å². The number of carbonyl (C=O) groups excluding carboxylic acids is 1. The molecule has 2 N–H and O–H groups in total. The zero-order valence-electron chi connectivity index (χ0n) is 16.2. The standard InChI is InChI=1S/C23H20N4O2S/c28-19(25-16-9-5-2-6-10-16)14-30-23-26-20-18(15-7-3-1-4-8-15)13-24-21(20)22(29)27(23)17-11-12-17/h1-10,13,17,24H,11-12,14H2,(H,25,28). The molecule has 0 aliphatic heterocycles. The minimum absolute atomic E-state index is 0.0735. The molecule has 1 aliphatic carbocycles. The molecule has 6 nitrogen and oxygen atoms in total. The van der Waals surface area contributed by atoms with E-state index in [4.69, 9.17) is 4.98 Å². The van der Waals surface area contributed by atoms with Crippen LogP contribution in [-0.4, -0.2) is 26.2 Å². The third-order valence-corrected chi connectivity index (χ3v) is 6.04. The Morgan fingerprint density at radius 3 is 2.50 bits per heavy atom. The van der Waals surface area contributed by atoms with Gasteiger partial charge in [-0.3, -0.25) is 14.2 Å². The van der Waals surface area contributed by atoms with E-state index in [1.807, 2.05) is 66.9 Å². The van der Waals surface area contributed by atoms with Crippen molar-refractivity contribution in [2.45, 2.75) is 24.0 Å². The van der Waals surface area contributed by atoms with E-state index in [-0.39, 0.29) is 23.3 Å². The van der Waals surface area contributed by atoms with Crippen molar-refractivity contribution < 1.29 is 4.79 Å². The van der Waals surface area contributed by atoms with Gasteiger partial charge in [0.15, 0.2) is 5.16 Å². The summed E-state index contributed by atoms with van der Waals surface area (Å²) in [6, 6.07) is 19.4. The van der Waals surface area contributed by atoms with Crippen molar-refractivity contribution in [1.29, 1.82) is 0 Å². The molecule has 150 valence electrons. The van der Waals surface area contributed by atoms with E-state index in [9.17, 15) is 9.59 Å². The second-order valence-corrected chi connectivity index (χ2v) is 8.24. The van der Waals surface area contributed by atoms with Crippen molar-refractivity contribution in [2.24, 2.45) is 0 Å². The number of para-hydroxylation sites is 1. The Labute approximate surface area is 177 Å². The summed E-state index contributed by atoms with van der Waals surface area (Å²) in [6.45, 7) is 0. The monoisotopic (exact) mass is 416 g/mol. The fraction of sp³-hybridized carbons (Fsp3) is 0.174. The van der Waals surface area contributed by atoms with Crippen LogP contribution >= 0.6 is 11.8 Å². The number of fused-ring (bicyclic) bond motifs is 1. The normalized spacial score (nSPS) is 13.5. The van der Waals surface area contributed by atoms with Gasteiger partial charge in [-0.1, -0.05) is 60.3 Å². The van der Waals surface area contributed by atoms with Crippen molar-refractivity contribution in [3.63, 3.8) is 0 Å². The average Bonchev–Trinajstić information content (AvgIpc) is 3.51. The molecular weight excluding hydrogens is 396 g/mol. The van der Waals surface area contributed by atoms with Gasteiger partial charge in [0.1, 0.15) is 11.0 Å². The summed E-state index contributed by atoms with van der Waals surface area (Å²) in [4.78, 5) is 33.6. The Hall–Kier alpha value is -3.32. The first-order chi connectivity index (χ1) is 14.7. The third-order valence-electron chi connectivity index (χ3n) is 5.09. The van der Waals surface area contributed by atoms with Crippen LogP contribution in [0.5, 0.6) is 0 Å². The highest BCUT2D eigenvalue weighted by Crippen LogP contribution is 2.37. The lowest BCUT2D eigenvalue weighted by atomic mass is 10.1. The van der Waals surface area contributed by atoms with Crippen molar-refractivity contribution in [3.05, 3.63) is 77.2 Å². The second kappa shape index (κ2) is 7.84. The molecule has 0 radical (unpaired) electrons. The highest BCUT2D eigenvalue weighted by molar-refractivity contribution is 7.99. The summed E-state index contributed by atoms with van der Waals surface area (Å²) in [7, 11) is 0. The van der Waals surface area contributed by atoms with Crippen LogP contribution in [0.3, 0.4) is 0 Å². The Kier molecular flexibility index (Phi) is 4.88. The van der Waals surface area contributed by atoms with Gasteiger partial charge in [-0.15, -0.1) is 0 Å². The molecular formula is C23H20N4O2S. The van der Waals surface area contributed by atoms with Crippen molar-refractivity contribution >= 4 is 34.4 Å². The van der Waals surface area contributed by atoms with E-state index < -0.39 is 0 Å². The number of H-pyrrole nitrogens is 1. The van der Waals surface area contributed by atoms with E-state index >= 15 is 0 Å². The number of hydrogen-bond acceptors (Lipinski definition) is 4. The van der Waals surface area contributed by atoms with Gasteiger partial charge in [0.2, 0.25) is 5.91 Å². The van der Waals surface area contributed by atoms with Gasteiger partial charge in [-0.25, -0.2) is 4.98 Å². The fourth-order valence-electron chi connectivity index (χ4n) is 3.49. The van der Waals surface area contributed by atoms with E-state index in [0.29, 0.717) is 16.2 Å². The molecule has 2 aromatic heterocycles. The number of nitrogens with one attached hydrogen (secondary N) is 2. The van der Waals surface area contributed by atoms with Crippen molar-refractivity contribution in [1.82, 2.24) is 14.5 Å². The number of anilines is 1. The highest BCUT2D eigenvalue weighted by Gasteiger charge is 2.29. The molecule has 0 spiro atoms. The van der Waals surface area contributed by atoms with Crippen LogP contribution < -0.4 is 10.9 Å². The number of carbonyl (C=O) groups is 1. The van der Waals surface area contributed by atoms with Crippen LogP contribution in [0.4, 0.5) is 5.69 Å². The van der Waals surface area contributed by atoms with E-state index in [0.717, 1.165) is 29.7 Å². The zero-order valence-corrected chi connectivity index (χ0v) is 17.0. The largest absolute Gasteiger partial charge is 0.355 e. The van der Waals surface area contributed by atoms with E-state index in [1.54, 1.807) is 4.57 Å². The first-order valence-electron chi connectivity index (χ1n) is 9.87. The Balaban J connectivity index is 1.48. The van der Waals surface area contributed by atoms with Gasteiger partial charge in [-0.2, -0.15) is 0 Å². The molecule has 1 fully saturated rings. The van der Waals surface area contributed by atoms with Gasteiger partial charge in [0, 0.05) is 23.5 Å². The third kappa shape index (κ3) is 3.64. The summed E-state index contributed by atoms with van der Waals surface area (Å²) in [5, 5.41) is 3.47. The number of aromatic nitrogens is 3. The van der Waals surface area contributed by atoms with Crippen LogP contribution in [0.2, 0.25) is 0 Å². The molecule has 0 unspecified atom stereocenters. The van der Waals surface area contributed by atoms with Gasteiger partial charge >= 0.3 is 0 Å². The number of rotatable bonds is 6. The molecule has 1 amide bonds. The maximum absolute atomic E-state index is 13.2. The lowest BCUT2D eigenvalue weighted by molar-refractivity contribution is -0.113. The molecule has 1 aliphatic rings. The molecule has 0 bridgehead atoms.